The Kier molecular flexibility index (Phi) is 11.4. The van der Waals surface area contributed by atoms with E-state index in [0.29, 0.717) is 13.2 Å². The molecule has 1 fully saturated rings. The number of esters is 1. The molecule has 0 aromatic carbocycles. The van der Waals surface area contributed by atoms with Gasteiger partial charge in [0.05, 0.1) is 25.6 Å². The molecule has 2 amide bonds. The maximum absolute atomic E-state index is 12.0. The summed E-state index contributed by atoms with van der Waals surface area (Å²) in [6.07, 6.45) is 1.52. The highest BCUT2D eigenvalue weighted by molar-refractivity contribution is 5.87. The van der Waals surface area contributed by atoms with Crippen molar-refractivity contribution < 1.29 is 23.9 Å². The maximum atomic E-state index is 12.0. The van der Waals surface area contributed by atoms with Gasteiger partial charge >= 0.3 is 5.97 Å². The van der Waals surface area contributed by atoms with Crippen LogP contribution in [0.3, 0.4) is 0 Å². The Morgan fingerprint density at radius 2 is 1.80 bits per heavy atom. The molecule has 0 aromatic heterocycles. The molecular weight excluding hydrogens is 350 g/mol. The number of carbonyl (C=O) groups is 3. The van der Waals surface area contributed by atoms with E-state index in [4.69, 9.17) is 15.2 Å². The lowest BCUT2D eigenvalue weighted by Crippen LogP contribution is -2.48. The molecule has 0 spiro atoms. The third kappa shape index (κ3) is 8.02. The highest BCUT2D eigenvalue weighted by Gasteiger charge is 2.31. The van der Waals surface area contributed by atoms with Crippen molar-refractivity contribution in [1.29, 1.82) is 0 Å². The fourth-order valence-electron chi connectivity index (χ4n) is 2.59. The number of rotatable bonds is 8. The second-order valence-electron chi connectivity index (χ2n) is 6.37. The topological polar surface area (TPSA) is 120 Å². The van der Waals surface area contributed by atoms with E-state index in [0.717, 1.165) is 12.8 Å². The fourth-order valence-corrected chi connectivity index (χ4v) is 2.59. The molecule has 4 N–H and O–H groups in total. The molecule has 1 aliphatic rings. The largest absolute Gasteiger partial charge is 0.469 e. The van der Waals surface area contributed by atoms with Crippen molar-refractivity contribution in [2.45, 2.75) is 32.7 Å². The summed E-state index contributed by atoms with van der Waals surface area (Å²) in [4.78, 5) is 35.6. The van der Waals surface area contributed by atoms with Crippen molar-refractivity contribution in [2.75, 3.05) is 33.4 Å². The molecule has 1 heterocycles. The molecule has 0 aliphatic carbocycles. The Bertz CT molecular complexity index is 441. The van der Waals surface area contributed by atoms with Crippen LogP contribution in [0.25, 0.3) is 0 Å². The van der Waals surface area contributed by atoms with Gasteiger partial charge in [-0.3, -0.25) is 14.4 Å². The molecule has 1 rings (SSSR count). The third-order valence-corrected chi connectivity index (χ3v) is 4.30. The van der Waals surface area contributed by atoms with Crippen LogP contribution in [-0.4, -0.2) is 57.2 Å². The summed E-state index contributed by atoms with van der Waals surface area (Å²) in [6, 6.07) is -0.650. The molecule has 1 unspecified atom stereocenters. The normalized spacial score (nSPS) is 17.2. The average molecular weight is 380 g/mol. The first-order valence-corrected chi connectivity index (χ1v) is 8.32. The first-order chi connectivity index (χ1) is 11.4. The number of nitrogens with two attached hydrogens (primary N) is 1. The lowest BCUT2D eigenvalue weighted by Gasteiger charge is -2.28. The molecule has 1 aliphatic heterocycles. The van der Waals surface area contributed by atoms with Gasteiger partial charge in [-0.15, -0.1) is 12.4 Å². The highest BCUT2D eigenvalue weighted by Crippen LogP contribution is 2.24. The zero-order valence-corrected chi connectivity index (χ0v) is 15.9. The monoisotopic (exact) mass is 379 g/mol. The molecule has 0 aromatic rings. The summed E-state index contributed by atoms with van der Waals surface area (Å²) in [5, 5.41) is 5.18. The Morgan fingerprint density at radius 1 is 1.20 bits per heavy atom. The van der Waals surface area contributed by atoms with Gasteiger partial charge in [0, 0.05) is 19.8 Å². The van der Waals surface area contributed by atoms with Crippen LogP contribution in [0.4, 0.5) is 0 Å². The van der Waals surface area contributed by atoms with Gasteiger partial charge in [0.15, 0.2) is 0 Å². The van der Waals surface area contributed by atoms with Gasteiger partial charge in [-0.05, 0) is 24.7 Å². The van der Waals surface area contributed by atoms with E-state index in [1.165, 1.54) is 7.11 Å². The zero-order valence-electron chi connectivity index (χ0n) is 15.1. The van der Waals surface area contributed by atoms with Crippen molar-refractivity contribution in [2.24, 2.45) is 23.5 Å². The third-order valence-electron chi connectivity index (χ3n) is 4.30. The van der Waals surface area contributed by atoms with Gasteiger partial charge in [-0.1, -0.05) is 13.8 Å². The van der Waals surface area contributed by atoms with Crippen molar-refractivity contribution >= 4 is 30.2 Å². The van der Waals surface area contributed by atoms with Crippen LogP contribution in [0.15, 0.2) is 0 Å². The molecular formula is C16H30ClN3O5. The second kappa shape index (κ2) is 12.1. The predicted molar refractivity (Wildman–Crippen MR) is 95.1 cm³/mol. The Hall–Kier alpha value is -1.38. The smallest absolute Gasteiger partial charge is 0.310 e. The highest BCUT2D eigenvalue weighted by atomic mass is 35.5. The van der Waals surface area contributed by atoms with E-state index in [9.17, 15) is 14.4 Å². The summed E-state index contributed by atoms with van der Waals surface area (Å²) in [5.74, 6) is -1.36. The van der Waals surface area contributed by atoms with Crippen LogP contribution in [0.2, 0.25) is 0 Å². The number of halogens is 1. The van der Waals surface area contributed by atoms with Crippen molar-refractivity contribution in [1.82, 2.24) is 10.6 Å². The van der Waals surface area contributed by atoms with Crippen LogP contribution < -0.4 is 16.4 Å². The number of hydrogen-bond donors (Lipinski definition) is 3. The number of carbonyl (C=O) groups excluding carboxylic acids is 3. The summed E-state index contributed by atoms with van der Waals surface area (Å²) in [5.41, 5.74) is 5.71. The minimum Gasteiger partial charge on any atom is -0.469 e. The number of nitrogens with one attached hydrogen (secondary N) is 2. The van der Waals surface area contributed by atoms with Crippen molar-refractivity contribution in [3.05, 3.63) is 0 Å². The van der Waals surface area contributed by atoms with Gasteiger partial charge < -0.3 is 25.8 Å². The molecule has 0 saturated carbocycles. The number of hydrogen-bond acceptors (Lipinski definition) is 6. The number of amides is 2. The van der Waals surface area contributed by atoms with E-state index >= 15 is 0 Å². The summed E-state index contributed by atoms with van der Waals surface area (Å²) in [7, 11) is 1.34. The van der Waals surface area contributed by atoms with Crippen LogP contribution in [-0.2, 0) is 23.9 Å². The SMILES string of the molecule is COC(=O)C(CNC(=O)CNC(=O)[C@@H](N)C(C)C)C1CCOCC1.Cl. The van der Waals surface area contributed by atoms with Gasteiger partial charge in [-0.2, -0.15) is 0 Å². The van der Waals surface area contributed by atoms with Gasteiger partial charge in [0.1, 0.15) is 0 Å². The average Bonchev–Trinajstić information content (AvgIpc) is 2.59. The Labute approximate surface area is 155 Å². The Balaban J connectivity index is 0.00000576. The molecule has 1 saturated heterocycles. The molecule has 0 bridgehead atoms. The lowest BCUT2D eigenvalue weighted by atomic mass is 9.86. The van der Waals surface area contributed by atoms with Crippen LogP contribution >= 0.6 is 12.4 Å². The van der Waals surface area contributed by atoms with E-state index in [1.807, 2.05) is 13.8 Å². The van der Waals surface area contributed by atoms with Crippen LogP contribution in [0.5, 0.6) is 0 Å². The quantitative estimate of drug-likeness (QED) is 0.504. The predicted octanol–water partition coefficient (Wildman–Crippen LogP) is -0.160. The number of methoxy groups -OCH3 is 1. The summed E-state index contributed by atoms with van der Waals surface area (Å²) in [6.45, 7) is 4.89. The minimum absolute atomic E-state index is 0. The molecule has 2 atom stereocenters. The summed E-state index contributed by atoms with van der Waals surface area (Å²) >= 11 is 0. The van der Waals surface area contributed by atoms with Crippen LogP contribution in [0.1, 0.15) is 26.7 Å². The molecule has 8 nitrogen and oxygen atoms in total. The number of ether oxygens (including phenoxy) is 2. The van der Waals surface area contributed by atoms with E-state index < -0.39 is 12.0 Å². The van der Waals surface area contributed by atoms with E-state index in [1.54, 1.807) is 0 Å². The maximum Gasteiger partial charge on any atom is 0.310 e. The molecule has 25 heavy (non-hydrogen) atoms. The Morgan fingerprint density at radius 3 is 2.32 bits per heavy atom. The van der Waals surface area contributed by atoms with Crippen molar-refractivity contribution in [3.8, 4) is 0 Å². The van der Waals surface area contributed by atoms with Gasteiger partial charge in [0.2, 0.25) is 11.8 Å². The molecule has 0 radical (unpaired) electrons. The standard InChI is InChI=1S/C16H29N3O5.ClH/c1-10(2)14(17)15(21)19-9-13(20)18-8-12(16(22)23-3)11-4-6-24-7-5-11;/h10-12,14H,4-9,17H2,1-3H3,(H,18,20)(H,19,21);1H/t12?,14-;/m0./s1. The molecule has 146 valence electrons. The van der Waals surface area contributed by atoms with Gasteiger partial charge in [-0.25, -0.2) is 0 Å². The first kappa shape index (κ1) is 23.6. The van der Waals surface area contributed by atoms with E-state index in [2.05, 4.69) is 10.6 Å². The summed E-state index contributed by atoms with van der Waals surface area (Å²) < 4.78 is 10.1. The fraction of sp³-hybridized carbons (Fsp3) is 0.812. The van der Waals surface area contributed by atoms with Crippen LogP contribution in [0, 0.1) is 17.8 Å². The first-order valence-electron chi connectivity index (χ1n) is 8.32. The van der Waals surface area contributed by atoms with Crippen molar-refractivity contribution in [3.63, 3.8) is 0 Å². The minimum atomic E-state index is -0.650. The lowest BCUT2D eigenvalue weighted by molar-refractivity contribution is -0.148. The molecule has 9 heteroatoms. The van der Waals surface area contributed by atoms with E-state index in [-0.39, 0.29) is 55.1 Å². The van der Waals surface area contributed by atoms with Gasteiger partial charge in [0.25, 0.3) is 0 Å². The zero-order chi connectivity index (χ0) is 18.1. The second-order valence-corrected chi connectivity index (χ2v) is 6.37.